The zero-order chi connectivity index (χ0) is 18.0. The van der Waals surface area contributed by atoms with E-state index in [1.54, 1.807) is 4.90 Å². The van der Waals surface area contributed by atoms with Gasteiger partial charge in [-0.3, -0.25) is 14.5 Å². The Balaban J connectivity index is 1.80. The molecule has 0 aromatic heterocycles. The van der Waals surface area contributed by atoms with Crippen LogP contribution in [0.25, 0.3) is 0 Å². The first kappa shape index (κ1) is 17.5. The van der Waals surface area contributed by atoms with Gasteiger partial charge in [0, 0.05) is 12.6 Å². The van der Waals surface area contributed by atoms with E-state index in [9.17, 15) is 14.4 Å². The molecule has 2 aliphatic rings. The molecule has 25 heavy (non-hydrogen) atoms. The summed E-state index contributed by atoms with van der Waals surface area (Å²) in [5.74, 6) is -0.500. The normalized spacial score (nSPS) is 26.7. The lowest BCUT2D eigenvalue weighted by Gasteiger charge is -2.34. The Morgan fingerprint density at radius 2 is 1.96 bits per heavy atom. The van der Waals surface area contributed by atoms with Gasteiger partial charge in [-0.25, -0.2) is 4.79 Å². The SMILES string of the molecule is CCC1(c2ccccc2)NC(=O)N(CC(=O)N2CCCCC2C)C1=O. The van der Waals surface area contributed by atoms with Crippen LogP contribution < -0.4 is 5.32 Å². The number of rotatable bonds is 4. The molecule has 6 nitrogen and oxygen atoms in total. The summed E-state index contributed by atoms with van der Waals surface area (Å²) in [7, 11) is 0. The average molecular weight is 343 g/mol. The topological polar surface area (TPSA) is 69.7 Å². The number of likely N-dealkylation sites (tertiary alicyclic amines) is 1. The van der Waals surface area contributed by atoms with E-state index in [1.807, 2.05) is 44.2 Å². The fourth-order valence-electron chi connectivity index (χ4n) is 3.83. The first-order chi connectivity index (χ1) is 12.0. The Morgan fingerprint density at radius 1 is 1.24 bits per heavy atom. The molecule has 2 aliphatic heterocycles. The Hall–Kier alpha value is -2.37. The van der Waals surface area contributed by atoms with Crippen molar-refractivity contribution in [3.8, 4) is 0 Å². The second kappa shape index (κ2) is 6.86. The van der Waals surface area contributed by atoms with Crippen molar-refractivity contribution in [2.45, 2.75) is 51.1 Å². The monoisotopic (exact) mass is 343 g/mol. The van der Waals surface area contributed by atoms with E-state index in [1.165, 1.54) is 0 Å². The van der Waals surface area contributed by atoms with Crippen LogP contribution in [0.3, 0.4) is 0 Å². The van der Waals surface area contributed by atoms with E-state index < -0.39 is 11.6 Å². The minimum Gasteiger partial charge on any atom is -0.338 e. The van der Waals surface area contributed by atoms with Crippen molar-refractivity contribution < 1.29 is 14.4 Å². The van der Waals surface area contributed by atoms with Crippen LogP contribution in [-0.4, -0.2) is 46.8 Å². The second-order valence-corrected chi connectivity index (χ2v) is 6.88. The summed E-state index contributed by atoms with van der Waals surface area (Å²) in [6.07, 6.45) is 3.49. The highest BCUT2D eigenvalue weighted by Gasteiger charge is 2.51. The van der Waals surface area contributed by atoms with Crippen molar-refractivity contribution in [2.24, 2.45) is 0 Å². The first-order valence-electron chi connectivity index (χ1n) is 8.98. The minimum absolute atomic E-state index is 0.157. The van der Waals surface area contributed by atoms with Crippen LogP contribution in [0.5, 0.6) is 0 Å². The van der Waals surface area contributed by atoms with Crippen LogP contribution in [0, 0.1) is 0 Å². The first-order valence-corrected chi connectivity index (χ1v) is 8.98. The molecule has 4 amide bonds. The lowest BCUT2D eigenvalue weighted by molar-refractivity contribution is -0.141. The van der Waals surface area contributed by atoms with Crippen LogP contribution >= 0.6 is 0 Å². The van der Waals surface area contributed by atoms with E-state index in [-0.39, 0.29) is 24.4 Å². The van der Waals surface area contributed by atoms with Crippen LogP contribution in [0.2, 0.25) is 0 Å². The van der Waals surface area contributed by atoms with Crippen molar-refractivity contribution in [1.29, 1.82) is 0 Å². The van der Waals surface area contributed by atoms with Gasteiger partial charge >= 0.3 is 6.03 Å². The van der Waals surface area contributed by atoms with Gasteiger partial charge in [0.1, 0.15) is 12.1 Å². The molecular weight excluding hydrogens is 318 g/mol. The van der Waals surface area contributed by atoms with Crippen LogP contribution in [0.4, 0.5) is 4.79 Å². The van der Waals surface area contributed by atoms with Gasteiger partial charge in [-0.1, -0.05) is 37.3 Å². The van der Waals surface area contributed by atoms with Crippen molar-refractivity contribution in [3.05, 3.63) is 35.9 Å². The molecular formula is C19H25N3O3. The van der Waals surface area contributed by atoms with Gasteiger partial charge in [0.25, 0.3) is 5.91 Å². The number of imide groups is 1. The van der Waals surface area contributed by atoms with Gasteiger partial charge in [0.15, 0.2) is 0 Å². The lowest BCUT2D eigenvalue weighted by Crippen LogP contribution is -2.49. The highest BCUT2D eigenvalue weighted by atomic mass is 16.2. The molecule has 0 bridgehead atoms. The third-order valence-electron chi connectivity index (χ3n) is 5.39. The van der Waals surface area contributed by atoms with E-state index in [0.717, 1.165) is 29.7 Å². The molecule has 0 aliphatic carbocycles. The lowest BCUT2D eigenvalue weighted by atomic mass is 9.87. The highest BCUT2D eigenvalue weighted by Crippen LogP contribution is 2.32. The molecule has 2 atom stereocenters. The number of benzene rings is 1. The summed E-state index contributed by atoms with van der Waals surface area (Å²) < 4.78 is 0. The number of amides is 4. The average Bonchev–Trinajstić information content (AvgIpc) is 2.88. The zero-order valence-electron chi connectivity index (χ0n) is 14.8. The second-order valence-electron chi connectivity index (χ2n) is 6.88. The predicted molar refractivity (Wildman–Crippen MR) is 93.7 cm³/mol. The summed E-state index contributed by atoms with van der Waals surface area (Å²) in [6.45, 7) is 4.39. The van der Waals surface area contributed by atoms with Crippen molar-refractivity contribution in [2.75, 3.05) is 13.1 Å². The summed E-state index contributed by atoms with van der Waals surface area (Å²) in [6, 6.07) is 8.89. The molecule has 0 spiro atoms. The molecule has 1 aromatic rings. The number of urea groups is 1. The maximum Gasteiger partial charge on any atom is 0.325 e. The highest BCUT2D eigenvalue weighted by molar-refractivity contribution is 6.09. The summed E-state index contributed by atoms with van der Waals surface area (Å²) in [5, 5.41) is 2.82. The Kier molecular flexibility index (Phi) is 4.79. The molecule has 2 unspecified atom stereocenters. The smallest absolute Gasteiger partial charge is 0.325 e. The molecule has 2 heterocycles. The number of piperidine rings is 1. The molecule has 1 aromatic carbocycles. The quantitative estimate of drug-likeness (QED) is 0.853. The van der Waals surface area contributed by atoms with E-state index in [4.69, 9.17) is 0 Å². The number of hydrogen-bond acceptors (Lipinski definition) is 3. The van der Waals surface area contributed by atoms with E-state index in [2.05, 4.69) is 5.32 Å². The molecule has 0 saturated carbocycles. The Bertz CT molecular complexity index is 676. The summed E-state index contributed by atoms with van der Waals surface area (Å²) in [5.41, 5.74) is -0.330. The Labute approximate surface area is 148 Å². The van der Waals surface area contributed by atoms with Crippen LogP contribution in [0.1, 0.15) is 45.1 Å². The summed E-state index contributed by atoms with van der Waals surface area (Å²) in [4.78, 5) is 41.0. The van der Waals surface area contributed by atoms with E-state index in [0.29, 0.717) is 13.0 Å². The van der Waals surface area contributed by atoms with Gasteiger partial charge in [-0.05, 0) is 38.2 Å². The van der Waals surface area contributed by atoms with E-state index >= 15 is 0 Å². The van der Waals surface area contributed by atoms with Gasteiger partial charge in [0.2, 0.25) is 5.91 Å². The molecule has 0 radical (unpaired) electrons. The fraction of sp³-hybridized carbons (Fsp3) is 0.526. The summed E-state index contributed by atoms with van der Waals surface area (Å²) >= 11 is 0. The number of carbonyl (C=O) groups is 3. The maximum absolute atomic E-state index is 13.0. The number of hydrogen-bond donors (Lipinski definition) is 1. The predicted octanol–water partition coefficient (Wildman–Crippen LogP) is 2.24. The van der Waals surface area contributed by atoms with Gasteiger partial charge in [0.05, 0.1) is 0 Å². The largest absolute Gasteiger partial charge is 0.338 e. The minimum atomic E-state index is -1.08. The fourth-order valence-corrected chi connectivity index (χ4v) is 3.83. The van der Waals surface area contributed by atoms with Crippen molar-refractivity contribution >= 4 is 17.8 Å². The van der Waals surface area contributed by atoms with Crippen LogP contribution in [0.15, 0.2) is 30.3 Å². The molecule has 1 N–H and O–H groups in total. The van der Waals surface area contributed by atoms with Gasteiger partial charge in [-0.2, -0.15) is 0 Å². The molecule has 134 valence electrons. The zero-order valence-corrected chi connectivity index (χ0v) is 14.8. The molecule has 2 fully saturated rings. The van der Waals surface area contributed by atoms with Gasteiger partial charge < -0.3 is 10.2 Å². The Morgan fingerprint density at radius 3 is 2.60 bits per heavy atom. The third kappa shape index (κ3) is 3.01. The van der Waals surface area contributed by atoms with Crippen LogP contribution in [-0.2, 0) is 15.1 Å². The standard InChI is InChI=1S/C19H25N3O3/c1-3-19(15-10-5-4-6-11-15)17(24)22(18(25)20-19)13-16(23)21-12-8-7-9-14(21)2/h4-6,10-11,14H,3,7-9,12-13H2,1-2H3,(H,20,25). The third-order valence-corrected chi connectivity index (χ3v) is 5.39. The maximum atomic E-state index is 13.0. The number of carbonyl (C=O) groups excluding carboxylic acids is 3. The van der Waals surface area contributed by atoms with Crippen molar-refractivity contribution in [1.82, 2.24) is 15.1 Å². The molecule has 3 rings (SSSR count). The van der Waals surface area contributed by atoms with Crippen molar-refractivity contribution in [3.63, 3.8) is 0 Å². The van der Waals surface area contributed by atoms with Gasteiger partial charge in [-0.15, -0.1) is 0 Å². The molecule has 6 heteroatoms. The number of nitrogens with zero attached hydrogens (tertiary/aromatic N) is 2. The number of nitrogens with one attached hydrogen (secondary N) is 1. The molecule has 2 saturated heterocycles.